The van der Waals surface area contributed by atoms with Crippen LogP contribution in [0.5, 0.6) is 5.75 Å². The van der Waals surface area contributed by atoms with Gasteiger partial charge in [0.2, 0.25) is 0 Å². The molecule has 0 bridgehead atoms. The highest BCUT2D eigenvalue weighted by atomic mass is 16.5. The summed E-state index contributed by atoms with van der Waals surface area (Å²) in [6, 6.07) is 16.9. The molecule has 2 aliphatic heterocycles. The van der Waals surface area contributed by atoms with E-state index < -0.39 is 6.04 Å². The molecule has 0 aromatic heterocycles. The molecule has 1 atom stereocenters. The van der Waals surface area contributed by atoms with E-state index in [9.17, 15) is 9.59 Å². The average molecular weight is 377 g/mol. The van der Waals surface area contributed by atoms with Crippen molar-refractivity contribution in [2.45, 2.75) is 12.5 Å². The highest BCUT2D eigenvalue weighted by Gasteiger charge is 2.43. The van der Waals surface area contributed by atoms with Crippen LogP contribution < -0.4 is 10.1 Å². The highest BCUT2D eigenvalue weighted by molar-refractivity contribution is 6.01. The van der Waals surface area contributed by atoms with Crippen molar-refractivity contribution in [3.8, 4) is 5.75 Å². The van der Waals surface area contributed by atoms with Crippen LogP contribution >= 0.6 is 0 Å². The number of rotatable bonds is 5. The summed E-state index contributed by atoms with van der Waals surface area (Å²) in [5, 5.41) is 2.95. The topological polar surface area (TPSA) is 61.9 Å². The molecule has 0 radical (unpaired) electrons. The molecule has 0 unspecified atom stereocenters. The van der Waals surface area contributed by atoms with Gasteiger partial charge in [0, 0.05) is 19.2 Å². The van der Waals surface area contributed by atoms with Gasteiger partial charge in [0.1, 0.15) is 5.75 Å². The number of urea groups is 1. The van der Waals surface area contributed by atoms with Crippen molar-refractivity contribution >= 4 is 11.9 Å². The number of para-hydroxylation sites is 1. The molecule has 144 valence electrons. The Balaban J connectivity index is 1.63. The number of benzene rings is 2. The molecule has 0 saturated carbocycles. The quantitative estimate of drug-likeness (QED) is 0.872. The molecule has 2 aliphatic rings. The molecule has 6 heteroatoms. The monoisotopic (exact) mass is 377 g/mol. The van der Waals surface area contributed by atoms with E-state index in [4.69, 9.17) is 4.74 Å². The van der Waals surface area contributed by atoms with E-state index in [-0.39, 0.29) is 11.9 Å². The molecule has 2 aromatic rings. The first-order valence-corrected chi connectivity index (χ1v) is 9.33. The standard InChI is InChI=1S/C22H23N3O3/c1-24-17-14-25(13-12-15-8-4-3-5-9-15)21(26)19(17)20(23-22(24)27)16-10-6-7-11-18(16)28-2/h3-11,20H,12-14H2,1-2H3,(H,23,27)/t20-/m1/s1. The summed E-state index contributed by atoms with van der Waals surface area (Å²) in [5.74, 6) is 0.619. The van der Waals surface area contributed by atoms with E-state index >= 15 is 0 Å². The van der Waals surface area contributed by atoms with E-state index in [1.165, 1.54) is 5.56 Å². The van der Waals surface area contributed by atoms with Gasteiger partial charge < -0.3 is 15.0 Å². The Morgan fingerprint density at radius 3 is 2.54 bits per heavy atom. The zero-order valence-corrected chi connectivity index (χ0v) is 16.0. The lowest BCUT2D eigenvalue weighted by Gasteiger charge is -2.31. The van der Waals surface area contributed by atoms with Crippen molar-refractivity contribution in [2.24, 2.45) is 0 Å². The second-order valence-electron chi connectivity index (χ2n) is 7.01. The lowest BCUT2D eigenvalue weighted by Crippen LogP contribution is -2.45. The van der Waals surface area contributed by atoms with Gasteiger partial charge in [0.15, 0.2) is 0 Å². The number of ether oxygens (including phenoxy) is 1. The summed E-state index contributed by atoms with van der Waals surface area (Å²) >= 11 is 0. The highest BCUT2D eigenvalue weighted by Crippen LogP contribution is 2.38. The summed E-state index contributed by atoms with van der Waals surface area (Å²) < 4.78 is 5.46. The number of nitrogens with one attached hydrogen (secondary N) is 1. The lowest BCUT2D eigenvalue weighted by atomic mass is 9.95. The number of nitrogens with zero attached hydrogens (tertiary/aromatic N) is 2. The predicted molar refractivity (Wildman–Crippen MR) is 106 cm³/mol. The van der Waals surface area contributed by atoms with Gasteiger partial charge in [-0.05, 0) is 18.1 Å². The van der Waals surface area contributed by atoms with Crippen LogP contribution in [0.15, 0.2) is 65.9 Å². The van der Waals surface area contributed by atoms with Gasteiger partial charge in [0.05, 0.1) is 31.0 Å². The Morgan fingerprint density at radius 2 is 1.79 bits per heavy atom. The summed E-state index contributed by atoms with van der Waals surface area (Å²) in [6.45, 7) is 1.05. The van der Waals surface area contributed by atoms with Crippen LogP contribution in [0, 0.1) is 0 Å². The van der Waals surface area contributed by atoms with Crippen LogP contribution in [0.3, 0.4) is 0 Å². The minimum absolute atomic E-state index is 0.0336. The molecule has 2 heterocycles. The van der Waals surface area contributed by atoms with E-state index in [2.05, 4.69) is 17.4 Å². The lowest BCUT2D eigenvalue weighted by molar-refractivity contribution is -0.125. The summed E-state index contributed by atoms with van der Waals surface area (Å²) in [6.07, 6.45) is 0.775. The normalized spacial score (nSPS) is 19.0. The molecule has 3 amide bonds. The Kier molecular flexibility index (Phi) is 4.77. The number of likely N-dealkylation sites (N-methyl/N-ethyl adjacent to an activating group) is 1. The Labute approximate surface area is 164 Å². The van der Waals surface area contributed by atoms with Gasteiger partial charge in [-0.2, -0.15) is 0 Å². The third kappa shape index (κ3) is 3.11. The molecular weight excluding hydrogens is 354 g/mol. The average Bonchev–Trinajstić information content (AvgIpc) is 3.06. The van der Waals surface area contributed by atoms with Crippen LogP contribution in [0.1, 0.15) is 17.2 Å². The second kappa shape index (κ2) is 7.38. The van der Waals surface area contributed by atoms with E-state index in [0.29, 0.717) is 24.4 Å². The van der Waals surface area contributed by atoms with Crippen LogP contribution in [-0.4, -0.2) is 49.0 Å². The zero-order chi connectivity index (χ0) is 19.7. The van der Waals surface area contributed by atoms with Crippen LogP contribution in [0.4, 0.5) is 4.79 Å². The fourth-order valence-corrected chi connectivity index (χ4v) is 3.85. The first kappa shape index (κ1) is 18.1. The smallest absolute Gasteiger partial charge is 0.322 e. The van der Waals surface area contributed by atoms with E-state index in [1.807, 2.05) is 47.4 Å². The van der Waals surface area contributed by atoms with Crippen molar-refractivity contribution in [2.75, 3.05) is 27.2 Å². The fourth-order valence-electron chi connectivity index (χ4n) is 3.85. The van der Waals surface area contributed by atoms with Crippen molar-refractivity contribution in [1.29, 1.82) is 0 Å². The molecule has 1 N–H and O–H groups in total. The van der Waals surface area contributed by atoms with Gasteiger partial charge in [-0.25, -0.2) is 4.79 Å². The minimum atomic E-state index is -0.510. The van der Waals surface area contributed by atoms with Crippen LogP contribution in [-0.2, 0) is 11.2 Å². The number of carbonyl (C=O) groups excluding carboxylic acids is 2. The first-order valence-electron chi connectivity index (χ1n) is 9.33. The molecule has 0 aliphatic carbocycles. The van der Waals surface area contributed by atoms with Gasteiger partial charge >= 0.3 is 6.03 Å². The number of methoxy groups -OCH3 is 1. The first-order chi connectivity index (χ1) is 13.6. The Bertz CT molecular complexity index is 939. The summed E-state index contributed by atoms with van der Waals surface area (Å²) in [5.41, 5.74) is 3.36. The number of hydrogen-bond donors (Lipinski definition) is 1. The Hall–Kier alpha value is -3.28. The molecule has 0 saturated heterocycles. The number of hydrogen-bond acceptors (Lipinski definition) is 3. The van der Waals surface area contributed by atoms with Crippen molar-refractivity contribution in [3.63, 3.8) is 0 Å². The van der Waals surface area contributed by atoms with Crippen molar-refractivity contribution in [3.05, 3.63) is 77.0 Å². The zero-order valence-electron chi connectivity index (χ0n) is 16.0. The Morgan fingerprint density at radius 1 is 1.07 bits per heavy atom. The van der Waals surface area contributed by atoms with Crippen LogP contribution in [0.25, 0.3) is 0 Å². The molecule has 2 aromatic carbocycles. The van der Waals surface area contributed by atoms with Gasteiger partial charge in [0.25, 0.3) is 5.91 Å². The molecule has 4 rings (SSSR count). The minimum Gasteiger partial charge on any atom is -0.496 e. The fraction of sp³-hybridized carbons (Fsp3) is 0.273. The molecular formula is C22H23N3O3. The third-order valence-electron chi connectivity index (χ3n) is 5.40. The van der Waals surface area contributed by atoms with Crippen molar-refractivity contribution in [1.82, 2.24) is 15.1 Å². The van der Waals surface area contributed by atoms with Crippen molar-refractivity contribution < 1.29 is 14.3 Å². The SMILES string of the molecule is COc1ccccc1[C@H]1NC(=O)N(C)C2=C1C(=O)N(CCc1ccccc1)C2. The maximum Gasteiger partial charge on any atom is 0.322 e. The number of amides is 3. The number of carbonyl (C=O) groups is 2. The molecule has 0 spiro atoms. The van der Waals surface area contributed by atoms with Gasteiger partial charge in [-0.3, -0.25) is 9.69 Å². The second-order valence-corrected chi connectivity index (χ2v) is 7.01. The van der Waals surface area contributed by atoms with Crippen LogP contribution in [0.2, 0.25) is 0 Å². The van der Waals surface area contributed by atoms with E-state index in [1.54, 1.807) is 19.1 Å². The summed E-state index contributed by atoms with van der Waals surface area (Å²) in [7, 11) is 3.30. The third-order valence-corrected chi connectivity index (χ3v) is 5.40. The van der Waals surface area contributed by atoms with E-state index in [0.717, 1.165) is 17.7 Å². The van der Waals surface area contributed by atoms with Gasteiger partial charge in [-0.1, -0.05) is 48.5 Å². The summed E-state index contributed by atoms with van der Waals surface area (Å²) in [4.78, 5) is 29.1. The maximum absolute atomic E-state index is 13.2. The molecule has 0 fully saturated rings. The maximum atomic E-state index is 13.2. The van der Waals surface area contributed by atoms with Gasteiger partial charge in [-0.15, -0.1) is 0 Å². The molecule has 28 heavy (non-hydrogen) atoms. The molecule has 6 nitrogen and oxygen atoms in total. The largest absolute Gasteiger partial charge is 0.496 e. The predicted octanol–water partition coefficient (Wildman–Crippen LogP) is 2.73.